The molecule has 0 atom stereocenters. The fourth-order valence-corrected chi connectivity index (χ4v) is 3.53. The van der Waals surface area contributed by atoms with Gasteiger partial charge in [0, 0.05) is 11.8 Å². The molecule has 2 nitrogen and oxygen atoms in total. The molecule has 1 saturated carbocycles. The maximum absolute atomic E-state index is 11.4. The highest BCUT2D eigenvalue weighted by atomic mass is 32.2. The molecule has 0 radical (unpaired) electrons. The fraction of sp³-hybridized carbons (Fsp3) is 0.375. The summed E-state index contributed by atoms with van der Waals surface area (Å²) in [6.07, 6.45) is 3.89. The Balaban J connectivity index is 2.24. The Bertz CT molecular complexity index is 495. The average molecular weight is 274 g/mol. The van der Waals surface area contributed by atoms with Gasteiger partial charge in [-0.3, -0.25) is 4.79 Å². The molecule has 0 aliphatic heterocycles. The van der Waals surface area contributed by atoms with Gasteiger partial charge in [-0.25, -0.2) is 0 Å². The zero-order valence-electron chi connectivity index (χ0n) is 11.1. The van der Waals surface area contributed by atoms with Crippen molar-refractivity contribution in [2.24, 2.45) is 0 Å². The molecular formula is C16H18O2S. The minimum Gasteiger partial charge on any atom is -0.453 e. The third kappa shape index (κ3) is 3.31. The van der Waals surface area contributed by atoms with Gasteiger partial charge in [-0.1, -0.05) is 36.5 Å². The molecule has 3 heteroatoms. The number of rotatable bonds is 4. The van der Waals surface area contributed by atoms with E-state index in [2.05, 4.69) is 12.3 Å². The maximum atomic E-state index is 11.4. The van der Waals surface area contributed by atoms with Gasteiger partial charge in [-0.15, -0.1) is 5.73 Å². The van der Waals surface area contributed by atoms with Crippen molar-refractivity contribution in [3.8, 4) is 0 Å². The lowest BCUT2D eigenvalue weighted by Gasteiger charge is -2.29. The van der Waals surface area contributed by atoms with E-state index in [-0.39, 0.29) is 5.97 Å². The summed E-state index contributed by atoms with van der Waals surface area (Å²) in [5.41, 5.74) is 2.49. The molecule has 0 N–H and O–H groups in total. The van der Waals surface area contributed by atoms with Gasteiger partial charge < -0.3 is 4.74 Å². The van der Waals surface area contributed by atoms with Gasteiger partial charge in [-0.2, -0.15) is 0 Å². The van der Waals surface area contributed by atoms with Crippen LogP contribution in [0.2, 0.25) is 0 Å². The summed E-state index contributed by atoms with van der Waals surface area (Å²) in [7, 11) is 0. The molecule has 1 aromatic rings. The predicted molar refractivity (Wildman–Crippen MR) is 77.9 cm³/mol. The van der Waals surface area contributed by atoms with Crippen LogP contribution in [0.25, 0.3) is 0 Å². The van der Waals surface area contributed by atoms with E-state index >= 15 is 0 Å². The molecule has 0 aromatic heterocycles. The van der Waals surface area contributed by atoms with Crippen molar-refractivity contribution in [1.29, 1.82) is 0 Å². The molecule has 2 rings (SSSR count). The molecule has 0 spiro atoms. The number of thioether (sulfide) groups is 1. The van der Waals surface area contributed by atoms with Gasteiger partial charge >= 0.3 is 5.97 Å². The third-order valence-electron chi connectivity index (χ3n) is 3.29. The molecule has 100 valence electrons. The topological polar surface area (TPSA) is 26.3 Å². The highest BCUT2D eigenvalue weighted by molar-refractivity contribution is 8.03. The molecule has 0 amide bonds. The Morgan fingerprint density at radius 3 is 2.47 bits per heavy atom. The summed E-state index contributed by atoms with van der Waals surface area (Å²) in [5.74, 6) is -0.233. The van der Waals surface area contributed by atoms with Gasteiger partial charge in [0.1, 0.15) is 0 Å². The highest BCUT2D eigenvalue weighted by Crippen LogP contribution is 2.45. The first-order valence-corrected chi connectivity index (χ1v) is 7.31. The molecule has 19 heavy (non-hydrogen) atoms. The Hall–Kier alpha value is -1.44. The van der Waals surface area contributed by atoms with E-state index in [1.165, 1.54) is 6.92 Å². The van der Waals surface area contributed by atoms with Crippen LogP contribution in [0.4, 0.5) is 0 Å². The van der Waals surface area contributed by atoms with Crippen LogP contribution in [0.1, 0.15) is 32.6 Å². The number of hydrogen-bond donors (Lipinski definition) is 0. The molecule has 1 aliphatic rings. The molecule has 0 heterocycles. The summed E-state index contributed by atoms with van der Waals surface area (Å²) < 4.78 is 5.62. The molecule has 1 aliphatic carbocycles. The van der Waals surface area contributed by atoms with Gasteiger partial charge in [-0.05, 0) is 37.8 Å². The first-order valence-electron chi connectivity index (χ1n) is 6.49. The lowest BCUT2D eigenvalue weighted by Crippen LogP contribution is -2.32. The number of esters is 1. The average Bonchev–Trinajstić information content (AvgIpc) is 2.85. The third-order valence-corrected chi connectivity index (χ3v) is 4.52. The first kappa shape index (κ1) is 14.0. The normalized spacial score (nSPS) is 16.7. The minimum atomic E-state index is -0.506. The van der Waals surface area contributed by atoms with E-state index < -0.39 is 5.60 Å². The zero-order chi connectivity index (χ0) is 13.7. The van der Waals surface area contributed by atoms with E-state index in [1.54, 1.807) is 11.8 Å². The van der Waals surface area contributed by atoms with Crippen molar-refractivity contribution < 1.29 is 9.53 Å². The Morgan fingerprint density at radius 2 is 1.95 bits per heavy atom. The summed E-state index contributed by atoms with van der Waals surface area (Å²) in [6, 6.07) is 10.1. The second-order valence-corrected chi connectivity index (χ2v) is 5.80. The monoisotopic (exact) mass is 274 g/mol. The summed E-state index contributed by atoms with van der Waals surface area (Å²) in [6.45, 7) is 5.25. The molecular weight excluding hydrogens is 256 g/mol. The molecule has 1 aromatic carbocycles. The van der Waals surface area contributed by atoms with Crippen LogP contribution >= 0.6 is 11.8 Å². The van der Waals surface area contributed by atoms with E-state index in [4.69, 9.17) is 4.74 Å². The second kappa shape index (κ2) is 6.14. The number of ether oxygens (including phenoxy) is 1. The SMILES string of the molecule is C=C=C(Sc1ccccc1)C1(OC(C)=O)CCCC1. The quantitative estimate of drug-likeness (QED) is 0.464. The Labute approximate surface area is 118 Å². The predicted octanol–water partition coefficient (Wildman–Crippen LogP) is 4.32. The highest BCUT2D eigenvalue weighted by Gasteiger charge is 2.41. The smallest absolute Gasteiger partial charge is 0.303 e. The van der Waals surface area contributed by atoms with Crippen LogP contribution in [-0.4, -0.2) is 11.6 Å². The first-order chi connectivity index (χ1) is 9.16. The number of carbonyl (C=O) groups excluding carboxylic acids is 1. The molecule has 1 fully saturated rings. The standard InChI is InChI=1S/C16H18O2S/c1-3-15(19-14-9-5-4-6-10-14)16(18-13(2)17)11-7-8-12-16/h4-6,9-10H,1,7-8,11-12H2,2H3. The van der Waals surface area contributed by atoms with E-state index in [1.807, 2.05) is 30.3 Å². The van der Waals surface area contributed by atoms with Gasteiger partial charge in [0.2, 0.25) is 0 Å². The number of hydrogen-bond acceptors (Lipinski definition) is 3. The van der Waals surface area contributed by atoms with Crippen LogP contribution in [0.5, 0.6) is 0 Å². The van der Waals surface area contributed by atoms with Crippen molar-refractivity contribution in [1.82, 2.24) is 0 Å². The second-order valence-electron chi connectivity index (χ2n) is 4.72. The van der Waals surface area contributed by atoms with Crippen LogP contribution in [-0.2, 0) is 9.53 Å². The Kier molecular flexibility index (Phi) is 4.52. The molecule has 0 unspecified atom stereocenters. The van der Waals surface area contributed by atoms with Gasteiger partial charge in [0.05, 0.1) is 4.91 Å². The van der Waals surface area contributed by atoms with Crippen molar-refractivity contribution >= 4 is 17.7 Å². The van der Waals surface area contributed by atoms with Crippen molar-refractivity contribution in [2.45, 2.75) is 43.1 Å². The van der Waals surface area contributed by atoms with E-state index in [0.717, 1.165) is 35.5 Å². The molecule has 0 bridgehead atoms. The summed E-state index contributed by atoms with van der Waals surface area (Å²) in [4.78, 5) is 13.4. The van der Waals surface area contributed by atoms with Crippen molar-refractivity contribution in [2.75, 3.05) is 0 Å². The van der Waals surface area contributed by atoms with Crippen molar-refractivity contribution in [3.63, 3.8) is 0 Å². The van der Waals surface area contributed by atoms with Crippen LogP contribution in [0.15, 0.2) is 52.4 Å². The Morgan fingerprint density at radius 1 is 1.32 bits per heavy atom. The summed E-state index contributed by atoms with van der Waals surface area (Å²) >= 11 is 1.59. The number of benzene rings is 1. The summed E-state index contributed by atoms with van der Waals surface area (Å²) in [5, 5.41) is 0. The van der Waals surface area contributed by atoms with Gasteiger partial charge in [0.15, 0.2) is 5.60 Å². The van der Waals surface area contributed by atoms with Crippen LogP contribution in [0.3, 0.4) is 0 Å². The lowest BCUT2D eigenvalue weighted by atomic mass is 10.0. The maximum Gasteiger partial charge on any atom is 0.303 e. The zero-order valence-corrected chi connectivity index (χ0v) is 12.0. The van der Waals surface area contributed by atoms with E-state index in [0.29, 0.717) is 0 Å². The van der Waals surface area contributed by atoms with Gasteiger partial charge in [0.25, 0.3) is 0 Å². The number of carbonyl (C=O) groups is 1. The van der Waals surface area contributed by atoms with E-state index in [9.17, 15) is 4.79 Å². The minimum absolute atomic E-state index is 0.233. The lowest BCUT2D eigenvalue weighted by molar-refractivity contribution is -0.152. The largest absolute Gasteiger partial charge is 0.453 e. The van der Waals surface area contributed by atoms with Crippen LogP contribution < -0.4 is 0 Å². The fourth-order valence-electron chi connectivity index (χ4n) is 2.49. The molecule has 0 saturated heterocycles. The van der Waals surface area contributed by atoms with Crippen molar-refractivity contribution in [3.05, 3.63) is 47.5 Å². The van der Waals surface area contributed by atoms with Crippen LogP contribution in [0, 0.1) is 0 Å².